The Hall–Kier alpha value is -2.49. The standard InChI is InChI=1S/C20H22F2N10O8P2S2/c21-9-13-7(37-19(9)31-5-29-11-15(23)25-3-27-17(11)31)1-35-41(33,43)40-14-8(2-36-42(34,44)39-13)38-20(10(14)22)32-6-30-12-16(24)26-4-28-18(12)32/h3-10,13-14,19-20H,1-2H2,(H,33,43)(H,34,44)(H2,23,25,27)(H2,24,26,28)/t7?,8?,9-,10-,13+,14+,19+,20+,41?,42?/m0/s1. The number of imidazole rings is 2. The predicted molar refractivity (Wildman–Crippen MR) is 152 cm³/mol. The van der Waals surface area contributed by atoms with Crippen molar-refractivity contribution in [1.29, 1.82) is 0 Å². The first-order chi connectivity index (χ1) is 20.9. The Kier molecular flexibility index (Phi) is 7.61. The third kappa shape index (κ3) is 5.26. The van der Waals surface area contributed by atoms with Crippen molar-refractivity contribution in [2.75, 3.05) is 24.7 Å². The maximum absolute atomic E-state index is 16.0. The van der Waals surface area contributed by atoms with E-state index in [1.54, 1.807) is 0 Å². The van der Waals surface area contributed by atoms with E-state index in [4.69, 9.17) is 50.8 Å². The lowest BCUT2D eigenvalue weighted by Crippen LogP contribution is -2.37. The summed E-state index contributed by atoms with van der Waals surface area (Å²) >= 11 is 9.15. The van der Waals surface area contributed by atoms with Crippen molar-refractivity contribution in [3.63, 3.8) is 0 Å². The molecule has 3 saturated heterocycles. The van der Waals surface area contributed by atoms with Gasteiger partial charge in [-0.2, -0.15) is 0 Å². The fraction of sp³-hybridized carbons (Fsp3) is 0.500. The highest BCUT2D eigenvalue weighted by atomic mass is 32.7. The highest BCUT2D eigenvalue weighted by Gasteiger charge is 2.54. The predicted octanol–water partition coefficient (Wildman–Crippen LogP) is 1.37. The van der Waals surface area contributed by atoms with Crippen molar-refractivity contribution in [1.82, 2.24) is 39.0 Å². The molecule has 0 aromatic carbocycles. The summed E-state index contributed by atoms with van der Waals surface area (Å²) in [5, 5.41) is 0. The van der Waals surface area contributed by atoms with Gasteiger partial charge in [-0.15, -0.1) is 0 Å². The van der Waals surface area contributed by atoms with Crippen LogP contribution >= 0.6 is 25.8 Å². The van der Waals surface area contributed by atoms with Crippen LogP contribution in [0.5, 0.6) is 0 Å². The van der Waals surface area contributed by atoms with Crippen molar-refractivity contribution >= 4 is 71.5 Å². The van der Waals surface area contributed by atoms with Crippen molar-refractivity contribution in [2.24, 2.45) is 0 Å². The summed E-state index contributed by atoms with van der Waals surface area (Å²) in [7, 11) is 0. The number of nitrogen functional groups attached to an aromatic ring is 2. The molecule has 0 amide bonds. The minimum atomic E-state index is -4.38. The minimum Gasteiger partial charge on any atom is -0.382 e. The molecule has 44 heavy (non-hydrogen) atoms. The Labute approximate surface area is 255 Å². The fourth-order valence-corrected chi connectivity index (χ4v) is 8.09. The number of fused-ring (bicyclic) bond motifs is 4. The molecule has 10 atom stereocenters. The summed E-state index contributed by atoms with van der Waals surface area (Å²) in [5.41, 5.74) is 12.4. The van der Waals surface area contributed by atoms with Crippen LogP contribution in [0.4, 0.5) is 20.4 Å². The summed E-state index contributed by atoms with van der Waals surface area (Å²) in [5.74, 6) is 0.111. The topological polar surface area (TPSA) is 232 Å². The molecule has 7 heterocycles. The van der Waals surface area contributed by atoms with Crippen LogP contribution in [0.15, 0.2) is 25.3 Å². The number of alkyl halides is 2. The molecule has 4 aromatic heterocycles. The van der Waals surface area contributed by atoms with Crippen molar-refractivity contribution < 1.29 is 45.8 Å². The van der Waals surface area contributed by atoms with Crippen molar-refractivity contribution in [3.8, 4) is 0 Å². The van der Waals surface area contributed by atoms with Gasteiger partial charge in [-0.25, -0.2) is 43.2 Å². The van der Waals surface area contributed by atoms with Crippen LogP contribution in [-0.2, 0) is 43.9 Å². The molecular formula is C20H22F2N10O8P2S2. The van der Waals surface area contributed by atoms with E-state index < -0.39 is 75.9 Å². The van der Waals surface area contributed by atoms with Crippen LogP contribution in [0.2, 0.25) is 0 Å². The van der Waals surface area contributed by atoms with Crippen LogP contribution in [0.3, 0.4) is 0 Å². The average Bonchev–Trinajstić information content (AvgIpc) is 3.73. The number of thiol groups is 1. The lowest BCUT2D eigenvalue weighted by molar-refractivity contribution is -0.0564. The summed E-state index contributed by atoms with van der Waals surface area (Å²) in [6.45, 7) is -9.88. The molecule has 0 aliphatic carbocycles. The van der Waals surface area contributed by atoms with Crippen LogP contribution < -0.4 is 11.5 Å². The summed E-state index contributed by atoms with van der Waals surface area (Å²) in [6.07, 6.45) is -7.94. The molecule has 24 heteroatoms. The molecule has 7 rings (SSSR count). The van der Waals surface area contributed by atoms with Crippen molar-refractivity contribution in [2.45, 2.75) is 49.2 Å². The molecule has 4 unspecified atom stereocenters. The van der Waals surface area contributed by atoms with E-state index in [9.17, 15) is 9.46 Å². The van der Waals surface area contributed by atoms with Gasteiger partial charge >= 0.3 is 13.5 Å². The van der Waals surface area contributed by atoms with Gasteiger partial charge in [0.1, 0.15) is 48.1 Å². The Bertz CT molecular complexity index is 1710. The van der Waals surface area contributed by atoms with Gasteiger partial charge in [-0.1, -0.05) is 12.2 Å². The average molecular weight is 695 g/mol. The Balaban J connectivity index is 1.17. The molecule has 0 bridgehead atoms. The zero-order valence-electron chi connectivity index (χ0n) is 21.9. The molecule has 0 radical (unpaired) electrons. The third-order valence-electron chi connectivity index (χ3n) is 7.17. The van der Waals surface area contributed by atoms with Gasteiger partial charge in [0.25, 0.3) is 0 Å². The maximum atomic E-state index is 16.0. The quantitative estimate of drug-likeness (QED) is 0.171. The number of hydrogen-bond acceptors (Lipinski definition) is 16. The summed E-state index contributed by atoms with van der Waals surface area (Å²) in [6, 6.07) is 0. The van der Waals surface area contributed by atoms with Crippen molar-refractivity contribution in [3.05, 3.63) is 25.3 Å². The second kappa shape index (κ2) is 11.1. The van der Waals surface area contributed by atoms with Gasteiger partial charge in [0, 0.05) is 0 Å². The Morgan fingerprint density at radius 1 is 0.841 bits per heavy atom. The van der Waals surface area contributed by atoms with E-state index in [2.05, 4.69) is 42.2 Å². The molecule has 3 aliphatic heterocycles. The monoisotopic (exact) mass is 694 g/mol. The number of nitrogens with two attached hydrogens (primary N) is 2. The Morgan fingerprint density at radius 3 is 1.84 bits per heavy atom. The molecule has 5 N–H and O–H groups in total. The van der Waals surface area contributed by atoms with Crippen LogP contribution in [0.25, 0.3) is 22.3 Å². The molecule has 0 saturated carbocycles. The minimum absolute atomic E-state index is 0.0550. The highest BCUT2D eigenvalue weighted by molar-refractivity contribution is 8.44. The van der Waals surface area contributed by atoms with Gasteiger partial charge in [0.15, 0.2) is 47.7 Å². The number of aromatic nitrogens is 8. The van der Waals surface area contributed by atoms with E-state index in [1.165, 1.54) is 21.8 Å². The van der Waals surface area contributed by atoms with Gasteiger partial charge in [-0.05, 0) is 11.8 Å². The molecule has 4 aromatic rings. The number of nitrogens with zero attached hydrogens (tertiary/aromatic N) is 8. The SMILES string of the molecule is Nc1ncnc2c1ncn2[C@@H]1OC2COP(O)(=S)O[C@@H]3C(COP(=O)(S)O[C@H]2[C@@H]1F)O[C@@H](n1cnc2c(N)ncnc21)[C@H]3F. The smallest absolute Gasteiger partial charge is 0.382 e. The first kappa shape index (κ1) is 30.2. The number of ether oxygens (including phenoxy) is 2. The lowest BCUT2D eigenvalue weighted by atomic mass is 10.1. The second-order valence-electron chi connectivity index (χ2n) is 9.85. The van der Waals surface area contributed by atoms with E-state index in [0.717, 1.165) is 12.7 Å². The molecular weight excluding hydrogens is 672 g/mol. The van der Waals surface area contributed by atoms with Gasteiger partial charge in [0.05, 0.1) is 25.9 Å². The number of hydrogen-bond donors (Lipinski definition) is 4. The zero-order valence-corrected chi connectivity index (χ0v) is 25.4. The molecule has 3 aliphatic rings. The number of rotatable bonds is 2. The van der Waals surface area contributed by atoms with Gasteiger partial charge in [0.2, 0.25) is 0 Å². The zero-order chi connectivity index (χ0) is 31.0. The van der Waals surface area contributed by atoms with E-state index in [0.29, 0.717) is 0 Å². The van der Waals surface area contributed by atoms with Crippen LogP contribution in [-0.4, -0.2) is 93.9 Å². The fourth-order valence-electron chi connectivity index (χ4n) is 5.17. The first-order valence-corrected chi connectivity index (χ1v) is 18.0. The summed E-state index contributed by atoms with van der Waals surface area (Å²) < 4.78 is 81.4. The highest BCUT2D eigenvalue weighted by Crippen LogP contribution is 2.58. The first-order valence-electron chi connectivity index (χ1n) is 12.7. The normalized spacial score (nSPS) is 38.3. The van der Waals surface area contributed by atoms with E-state index in [-0.39, 0.29) is 34.0 Å². The largest absolute Gasteiger partial charge is 0.386 e. The molecule has 18 nitrogen and oxygen atoms in total. The molecule has 3 fully saturated rings. The number of halogens is 2. The molecule has 236 valence electrons. The van der Waals surface area contributed by atoms with Gasteiger partial charge < -0.3 is 30.4 Å². The van der Waals surface area contributed by atoms with E-state index in [1.807, 2.05) is 0 Å². The van der Waals surface area contributed by atoms with Crippen LogP contribution in [0, 0.1) is 0 Å². The summed E-state index contributed by atoms with van der Waals surface area (Å²) in [4.78, 5) is 35.0. The lowest BCUT2D eigenvalue weighted by Gasteiger charge is -2.29. The third-order valence-corrected chi connectivity index (χ3v) is 10.3. The number of anilines is 2. The van der Waals surface area contributed by atoms with Crippen LogP contribution in [0.1, 0.15) is 12.5 Å². The maximum Gasteiger partial charge on any atom is 0.386 e. The molecule has 0 spiro atoms. The second-order valence-corrected chi connectivity index (χ2v) is 15.5. The van der Waals surface area contributed by atoms with E-state index >= 15 is 8.78 Å². The Morgan fingerprint density at radius 2 is 1.32 bits per heavy atom. The van der Waals surface area contributed by atoms with Gasteiger partial charge in [-0.3, -0.25) is 22.7 Å².